The number of hydrogen-bond donors (Lipinski definition) is 0. The van der Waals surface area contributed by atoms with Crippen molar-refractivity contribution in [1.82, 2.24) is 29.3 Å². The minimum Gasteiger partial charge on any atom is -0.340 e. The molecular formula is C22H24N6O2S. The van der Waals surface area contributed by atoms with Crippen LogP contribution in [0.25, 0.3) is 0 Å². The molecule has 0 N–H and O–H groups in total. The first-order valence-corrected chi connectivity index (χ1v) is 11.2. The van der Waals surface area contributed by atoms with Gasteiger partial charge in [0.1, 0.15) is 0 Å². The molecule has 3 aromatic rings. The second-order valence-electron chi connectivity index (χ2n) is 8.43. The standard InChI is InChI=1S/C22H24N6O2S/c1-15-25-17(12-31-15)9-27-8-5-22(21(27)30)13-28(20(29)16-3-6-23-7-4-16)10-18(22)19-11-26(2)14-24-19/h3-4,6-7,11-12,14,18H,5,8-10,13H2,1-2H3/t18-,22-/m1/s1. The van der Waals surface area contributed by atoms with Crippen molar-refractivity contribution in [3.8, 4) is 0 Å². The van der Waals surface area contributed by atoms with Gasteiger partial charge < -0.3 is 14.4 Å². The molecule has 1 spiro atoms. The van der Waals surface area contributed by atoms with Crippen LogP contribution >= 0.6 is 11.3 Å². The molecule has 160 valence electrons. The highest BCUT2D eigenvalue weighted by Crippen LogP contribution is 2.50. The Morgan fingerprint density at radius 3 is 2.81 bits per heavy atom. The molecule has 2 saturated heterocycles. The molecule has 5 heterocycles. The molecule has 0 radical (unpaired) electrons. The molecule has 0 unspecified atom stereocenters. The van der Waals surface area contributed by atoms with Gasteiger partial charge in [0.15, 0.2) is 0 Å². The zero-order chi connectivity index (χ0) is 21.6. The Morgan fingerprint density at radius 2 is 2.13 bits per heavy atom. The van der Waals surface area contributed by atoms with E-state index in [1.807, 2.05) is 39.9 Å². The van der Waals surface area contributed by atoms with Gasteiger partial charge >= 0.3 is 0 Å². The summed E-state index contributed by atoms with van der Waals surface area (Å²) in [6.45, 7) is 4.03. The summed E-state index contributed by atoms with van der Waals surface area (Å²) in [7, 11) is 1.92. The van der Waals surface area contributed by atoms with E-state index in [0.29, 0.717) is 38.2 Å². The molecule has 31 heavy (non-hydrogen) atoms. The Labute approximate surface area is 184 Å². The molecule has 5 rings (SSSR count). The molecule has 0 saturated carbocycles. The minimum atomic E-state index is -0.651. The molecule has 0 aliphatic carbocycles. The summed E-state index contributed by atoms with van der Waals surface area (Å²) < 4.78 is 1.89. The van der Waals surface area contributed by atoms with Gasteiger partial charge in [-0.05, 0) is 25.5 Å². The van der Waals surface area contributed by atoms with Crippen molar-refractivity contribution >= 4 is 23.2 Å². The zero-order valence-electron chi connectivity index (χ0n) is 17.6. The fourth-order valence-corrected chi connectivity index (χ4v) is 5.49. The molecule has 2 fully saturated rings. The maximum Gasteiger partial charge on any atom is 0.254 e. The van der Waals surface area contributed by atoms with Crippen molar-refractivity contribution in [2.45, 2.75) is 25.8 Å². The second kappa shape index (κ2) is 7.56. The number of aryl methyl sites for hydroxylation is 2. The van der Waals surface area contributed by atoms with Gasteiger partial charge in [-0.2, -0.15) is 0 Å². The third-order valence-corrected chi connectivity index (χ3v) is 7.22. The molecule has 0 bridgehead atoms. The highest BCUT2D eigenvalue weighted by molar-refractivity contribution is 7.09. The van der Waals surface area contributed by atoms with Gasteiger partial charge in [0, 0.05) is 62.1 Å². The van der Waals surface area contributed by atoms with Gasteiger partial charge in [0.2, 0.25) is 5.91 Å². The predicted octanol–water partition coefficient (Wildman–Crippen LogP) is 2.24. The Kier molecular flexibility index (Phi) is 4.85. The lowest BCUT2D eigenvalue weighted by Crippen LogP contribution is -2.40. The normalized spacial score (nSPS) is 23.3. The summed E-state index contributed by atoms with van der Waals surface area (Å²) in [5.41, 5.74) is 1.73. The largest absolute Gasteiger partial charge is 0.340 e. The van der Waals surface area contributed by atoms with Crippen molar-refractivity contribution in [2.75, 3.05) is 19.6 Å². The van der Waals surface area contributed by atoms with Crippen LogP contribution in [0.5, 0.6) is 0 Å². The van der Waals surface area contributed by atoms with E-state index in [1.165, 1.54) is 0 Å². The average Bonchev–Trinajstić information content (AvgIpc) is 3.54. The van der Waals surface area contributed by atoms with Gasteiger partial charge in [-0.15, -0.1) is 11.3 Å². The van der Waals surface area contributed by atoms with Crippen LogP contribution in [0, 0.1) is 12.3 Å². The number of likely N-dealkylation sites (tertiary alicyclic amines) is 2. The number of hydrogen-bond acceptors (Lipinski definition) is 6. The van der Waals surface area contributed by atoms with Crippen molar-refractivity contribution in [2.24, 2.45) is 12.5 Å². The number of pyridine rings is 1. The van der Waals surface area contributed by atoms with E-state index in [2.05, 4.69) is 15.0 Å². The summed E-state index contributed by atoms with van der Waals surface area (Å²) >= 11 is 1.60. The highest BCUT2D eigenvalue weighted by Gasteiger charge is 2.58. The monoisotopic (exact) mass is 436 g/mol. The Morgan fingerprint density at radius 1 is 1.32 bits per heavy atom. The number of nitrogens with zero attached hydrogens (tertiary/aromatic N) is 6. The Balaban J connectivity index is 1.45. The van der Waals surface area contributed by atoms with Crippen LogP contribution < -0.4 is 0 Å². The van der Waals surface area contributed by atoms with E-state index < -0.39 is 5.41 Å². The maximum absolute atomic E-state index is 13.8. The summed E-state index contributed by atoms with van der Waals surface area (Å²) in [6, 6.07) is 3.44. The second-order valence-corrected chi connectivity index (χ2v) is 9.49. The van der Waals surface area contributed by atoms with Gasteiger partial charge in [-0.1, -0.05) is 0 Å². The van der Waals surface area contributed by atoms with E-state index in [-0.39, 0.29) is 17.7 Å². The zero-order valence-corrected chi connectivity index (χ0v) is 18.4. The first-order valence-electron chi connectivity index (χ1n) is 10.3. The van der Waals surface area contributed by atoms with Crippen LogP contribution in [0.2, 0.25) is 0 Å². The maximum atomic E-state index is 13.8. The molecule has 8 nitrogen and oxygen atoms in total. The number of carbonyl (C=O) groups is 2. The molecule has 2 aliphatic rings. The van der Waals surface area contributed by atoms with Crippen LogP contribution in [0.1, 0.15) is 39.1 Å². The fourth-order valence-electron chi connectivity index (χ4n) is 4.89. The number of thiazole rings is 1. The first kappa shape index (κ1) is 19.9. The number of rotatable bonds is 4. The molecule has 2 atom stereocenters. The lowest BCUT2D eigenvalue weighted by molar-refractivity contribution is -0.136. The van der Waals surface area contributed by atoms with Crippen molar-refractivity contribution in [1.29, 1.82) is 0 Å². The minimum absolute atomic E-state index is 0.0680. The summed E-state index contributed by atoms with van der Waals surface area (Å²) in [4.78, 5) is 43.7. The van der Waals surface area contributed by atoms with Crippen molar-refractivity contribution < 1.29 is 9.59 Å². The van der Waals surface area contributed by atoms with E-state index in [4.69, 9.17) is 0 Å². The lowest BCUT2D eigenvalue weighted by atomic mass is 9.75. The Hall–Kier alpha value is -3.07. The molecule has 2 aliphatic heterocycles. The van der Waals surface area contributed by atoms with E-state index >= 15 is 0 Å². The number of amides is 2. The van der Waals surface area contributed by atoms with Crippen LogP contribution in [0.3, 0.4) is 0 Å². The average molecular weight is 437 g/mol. The van der Waals surface area contributed by atoms with Crippen molar-refractivity contribution in [3.63, 3.8) is 0 Å². The van der Waals surface area contributed by atoms with E-state index in [1.54, 1.807) is 42.2 Å². The third kappa shape index (κ3) is 3.42. The fraction of sp³-hybridized carbons (Fsp3) is 0.409. The molecule has 2 amide bonds. The van der Waals surface area contributed by atoms with Crippen LogP contribution in [0.4, 0.5) is 0 Å². The number of aromatic nitrogens is 4. The first-order chi connectivity index (χ1) is 15.0. The molecule has 3 aromatic heterocycles. The molecule has 9 heteroatoms. The summed E-state index contributed by atoms with van der Waals surface area (Å²) in [5.74, 6) is -0.102. The van der Waals surface area contributed by atoms with E-state index in [9.17, 15) is 9.59 Å². The highest BCUT2D eigenvalue weighted by atomic mass is 32.1. The van der Waals surface area contributed by atoms with Crippen LogP contribution in [-0.2, 0) is 18.4 Å². The smallest absolute Gasteiger partial charge is 0.254 e. The summed E-state index contributed by atoms with van der Waals surface area (Å²) in [6.07, 6.45) is 7.66. The lowest BCUT2D eigenvalue weighted by Gasteiger charge is -2.27. The van der Waals surface area contributed by atoms with Gasteiger partial charge in [-0.25, -0.2) is 9.97 Å². The van der Waals surface area contributed by atoms with Crippen molar-refractivity contribution in [3.05, 3.63) is 64.4 Å². The quantitative estimate of drug-likeness (QED) is 0.626. The summed E-state index contributed by atoms with van der Waals surface area (Å²) in [5, 5.41) is 3.01. The Bertz CT molecular complexity index is 1130. The van der Waals surface area contributed by atoms with Gasteiger partial charge in [0.25, 0.3) is 5.91 Å². The van der Waals surface area contributed by atoms with Gasteiger partial charge in [0.05, 0.1) is 34.7 Å². The van der Waals surface area contributed by atoms with Gasteiger partial charge in [-0.3, -0.25) is 14.6 Å². The molecule has 0 aromatic carbocycles. The number of imidazole rings is 1. The van der Waals surface area contributed by atoms with E-state index in [0.717, 1.165) is 16.4 Å². The predicted molar refractivity (Wildman–Crippen MR) is 115 cm³/mol. The van der Waals surface area contributed by atoms with Crippen LogP contribution in [0.15, 0.2) is 42.4 Å². The SMILES string of the molecule is Cc1nc(CN2CC[C@]3(CN(C(=O)c4ccncc4)C[C@@H]3c3cn(C)cn3)C2=O)cs1. The topological polar surface area (TPSA) is 84.2 Å². The molecular weight excluding hydrogens is 412 g/mol. The third-order valence-electron chi connectivity index (χ3n) is 6.40. The number of carbonyl (C=O) groups excluding carboxylic acids is 2. The van der Waals surface area contributed by atoms with Crippen LogP contribution in [-0.4, -0.2) is 60.8 Å².